The number of halogens is 1. The number of carbonyl (C=O) groups is 2. The number of fused-ring (bicyclic) bond motifs is 1. The van der Waals surface area contributed by atoms with Gasteiger partial charge < -0.3 is 10.0 Å². The van der Waals surface area contributed by atoms with Crippen molar-refractivity contribution in [3.05, 3.63) is 50.1 Å². The molecule has 120 valence electrons. The Kier molecular flexibility index (Phi) is 4.16. The Labute approximate surface area is 146 Å². The van der Waals surface area contributed by atoms with Crippen LogP contribution in [-0.2, 0) is 10.4 Å². The van der Waals surface area contributed by atoms with Crippen molar-refractivity contribution in [2.24, 2.45) is 0 Å². The summed E-state index contributed by atoms with van der Waals surface area (Å²) in [6, 6.07) is 8.94. The molecule has 6 heteroatoms. The van der Waals surface area contributed by atoms with Gasteiger partial charge in [0.25, 0.3) is 5.91 Å². The summed E-state index contributed by atoms with van der Waals surface area (Å²) in [5.41, 5.74) is -0.650. The molecule has 1 aromatic carbocycles. The summed E-state index contributed by atoms with van der Waals surface area (Å²) in [5, 5.41) is 11.0. The van der Waals surface area contributed by atoms with Gasteiger partial charge in [0.15, 0.2) is 11.4 Å². The normalized spacial score (nSPS) is 20.0. The van der Waals surface area contributed by atoms with Crippen molar-refractivity contribution in [3.63, 3.8) is 0 Å². The van der Waals surface area contributed by atoms with E-state index >= 15 is 0 Å². The van der Waals surface area contributed by atoms with Crippen molar-refractivity contribution in [1.29, 1.82) is 0 Å². The van der Waals surface area contributed by atoms with Gasteiger partial charge in [-0.15, -0.1) is 11.3 Å². The maximum Gasteiger partial charge on any atom is 0.264 e. The van der Waals surface area contributed by atoms with Gasteiger partial charge in [-0.3, -0.25) is 9.59 Å². The zero-order valence-electron chi connectivity index (χ0n) is 12.8. The molecule has 1 unspecified atom stereocenters. The number of amides is 1. The first kappa shape index (κ1) is 16.4. The van der Waals surface area contributed by atoms with Gasteiger partial charge in [0, 0.05) is 21.5 Å². The van der Waals surface area contributed by atoms with Crippen molar-refractivity contribution in [2.75, 3.05) is 11.4 Å². The highest BCUT2D eigenvalue weighted by molar-refractivity contribution is 9.10. The smallest absolute Gasteiger partial charge is 0.264 e. The fourth-order valence-corrected chi connectivity index (χ4v) is 4.08. The minimum Gasteiger partial charge on any atom is -0.375 e. The molecule has 1 amide bonds. The van der Waals surface area contributed by atoms with Crippen LogP contribution in [-0.4, -0.2) is 23.3 Å². The fraction of sp³-hybridized carbons (Fsp3) is 0.294. The SMILES string of the molecule is CCN1C(=O)C(O)(CC(=O)c2ccc(C)s2)c2cc(Br)ccc21. The summed E-state index contributed by atoms with van der Waals surface area (Å²) in [6.07, 6.45) is -0.244. The third-order valence-corrected chi connectivity index (χ3v) is 5.58. The number of nitrogens with zero attached hydrogens (tertiary/aromatic N) is 1. The Morgan fingerprint density at radius 3 is 2.70 bits per heavy atom. The molecule has 3 rings (SSSR count). The van der Waals surface area contributed by atoms with Crippen molar-refractivity contribution in [3.8, 4) is 0 Å². The first-order chi connectivity index (χ1) is 10.9. The molecular formula is C17H16BrNO3S. The predicted molar refractivity (Wildman–Crippen MR) is 94.1 cm³/mol. The average Bonchev–Trinajstić information content (AvgIpc) is 3.02. The van der Waals surface area contributed by atoms with Crippen LogP contribution < -0.4 is 4.90 Å². The molecule has 2 heterocycles. The van der Waals surface area contributed by atoms with Crippen LogP contribution in [0.25, 0.3) is 0 Å². The van der Waals surface area contributed by atoms with Crippen molar-refractivity contribution in [1.82, 2.24) is 0 Å². The van der Waals surface area contributed by atoms with E-state index in [9.17, 15) is 14.7 Å². The molecule has 0 bridgehead atoms. The number of carbonyl (C=O) groups excluding carboxylic acids is 2. The molecule has 0 aliphatic carbocycles. The average molecular weight is 394 g/mol. The first-order valence-electron chi connectivity index (χ1n) is 7.31. The summed E-state index contributed by atoms with van der Waals surface area (Å²) in [5.74, 6) is -0.655. The van der Waals surface area contributed by atoms with E-state index in [0.717, 1.165) is 9.35 Å². The second kappa shape index (κ2) is 5.85. The van der Waals surface area contributed by atoms with E-state index in [4.69, 9.17) is 0 Å². The maximum absolute atomic E-state index is 12.7. The van der Waals surface area contributed by atoms with E-state index in [-0.39, 0.29) is 12.2 Å². The van der Waals surface area contributed by atoms with E-state index in [0.29, 0.717) is 22.7 Å². The number of hydrogen-bond acceptors (Lipinski definition) is 4. The number of thiophene rings is 1. The quantitative estimate of drug-likeness (QED) is 0.806. The first-order valence-corrected chi connectivity index (χ1v) is 8.91. The number of benzene rings is 1. The number of likely N-dealkylation sites (N-methyl/N-ethyl adjacent to an activating group) is 1. The topological polar surface area (TPSA) is 57.6 Å². The second-order valence-electron chi connectivity index (χ2n) is 5.58. The number of aliphatic hydroxyl groups is 1. The molecule has 0 spiro atoms. The molecule has 2 aromatic rings. The molecule has 0 fully saturated rings. The summed E-state index contributed by atoms with van der Waals surface area (Å²) in [7, 11) is 0. The lowest BCUT2D eigenvalue weighted by Crippen LogP contribution is -2.41. The van der Waals surface area contributed by atoms with Gasteiger partial charge >= 0.3 is 0 Å². The predicted octanol–water partition coefficient (Wildman–Crippen LogP) is 3.65. The lowest BCUT2D eigenvalue weighted by molar-refractivity contribution is -0.135. The van der Waals surface area contributed by atoms with Crippen molar-refractivity contribution >= 4 is 44.6 Å². The van der Waals surface area contributed by atoms with Gasteiger partial charge in [0.05, 0.1) is 17.0 Å². The van der Waals surface area contributed by atoms with Crippen LogP contribution in [0, 0.1) is 6.92 Å². The Morgan fingerprint density at radius 1 is 1.35 bits per heavy atom. The molecule has 1 aliphatic rings. The summed E-state index contributed by atoms with van der Waals surface area (Å²) >= 11 is 4.74. The van der Waals surface area contributed by atoms with Crippen LogP contribution in [0.1, 0.15) is 33.5 Å². The maximum atomic E-state index is 12.7. The molecule has 1 aliphatic heterocycles. The molecule has 1 aromatic heterocycles. The van der Waals surface area contributed by atoms with E-state index < -0.39 is 11.5 Å². The summed E-state index contributed by atoms with van der Waals surface area (Å²) in [4.78, 5) is 28.3. The fourth-order valence-electron chi connectivity index (χ4n) is 2.91. The molecule has 4 nitrogen and oxygen atoms in total. The number of aryl methyl sites for hydroxylation is 1. The van der Waals surface area contributed by atoms with Crippen LogP contribution in [0.5, 0.6) is 0 Å². The van der Waals surface area contributed by atoms with Gasteiger partial charge in [0.1, 0.15) is 0 Å². The van der Waals surface area contributed by atoms with Gasteiger partial charge in [-0.25, -0.2) is 0 Å². The second-order valence-corrected chi connectivity index (χ2v) is 7.78. The third-order valence-electron chi connectivity index (χ3n) is 4.04. The van der Waals surface area contributed by atoms with Crippen LogP contribution in [0.15, 0.2) is 34.8 Å². The number of ketones is 1. The number of anilines is 1. The Morgan fingerprint density at radius 2 is 2.09 bits per heavy atom. The molecule has 23 heavy (non-hydrogen) atoms. The van der Waals surface area contributed by atoms with Crippen molar-refractivity contribution < 1.29 is 14.7 Å². The standard InChI is InChI=1S/C17H16BrNO3S/c1-3-19-13-6-5-11(18)8-12(13)17(22,16(19)21)9-14(20)15-7-4-10(2)23-15/h4-8,22H,3,9H2,1-2H3. The van der Waals surface area contributed by atoms with Crippen LogP contribution in [0.2, 0.25) is 0 Å². The largest absolute Gasteiger partial charge is 0.375 e. The minimum atomic E-state index is -1.80. The zero-order valence-corrected chi connectivity index (χ0v) is 15.2. The van der Waals surface area contributed by atoms with Crippen LogP contribution >= 0.6 is 27.3 Å². The number of Topliss-reactive ketones (excluding diaryl/α,β-unsaturated/α-hetero) is 1. The highest BCUT2D eigenvalue weighted by Gasteiger charge is 2.50. The van der Waals surface area contributed by atoms with E-state index in [1.165, 1.54) is 16.2 Å². The number of rotatable bonds is 4. The molecule has 1 atom stereocenters. The van der Waals surface area contributed by atoms with Gasteiger partial charge in [-0.1, -0.05) is 15.9 Å². The molecule has 0 saturated carbocycles. The Balaban J connectivity index is 2.02. The van der Waals surface area contributed by atoms with Crippen LogP contribution in [0.3, 0.4) is 0 Å². The molecule has 1 N–H and O–H groups in total. The Bertz CT molecular complexity index is 801. The van der Waals surface area contributed by atoms with E-state index in [1.807, 2.05) is 26.0 Å². The Hall–Kier alpha value is -1.50. The van der Waals surface area contributed by atoms with Gasteiger partial charge in [0.2, 0.25) is 0 Å². The summed E-state index contributed by atoms with van der Waals surface area (Å²) < 4.78 is 0.764. The van der Waals surface area contributed by atoms with Gasteiger partial charge in [-0.2, -0.15) is 0 Å². The minimum absolute atomic E-state index is 0.220. The van der Waals surface area contributed by atoms with Crippen molar-refractivity contribution in [2.45, 2.75) is 25.9 Å². The lowest BCUT2D eigenvalue weighted by Gasteiger charge is -2.21. The zero-order chi connectivity index (χ0) is 16.8. The molecule has 0 radical (unpaired) electrons. The van der Waals surface area contributed by atoms with E-state index in [1.54, 1.807) is 18.2 Å². The molecule has 0 saturated heterocycles. The monoisotopic (exact) mass is 393 g/mol. The van der Waals surface area contributed by atoms with E-state index in [2.05, 4.69) is 15.9 Å². The highest BCUT2D eigenvalue weighted by atomic mass is 79.9. The lowest BCUT2D eigenvalue weighted by atomic mass is 9.89. The molecular weight excluding hydrogens is 378 g/mol. The van der Waals surface area contributed by atoms with Crippen LogP contribution in [0.4, 0.5) is 5.69 Å². The summed E-state index contributed by atoms with van der Waals surface area (Å²) in [6.45, 7) is 4.21. The highest BCUT2D eigenvalue weighted by Crippen LogP contribution is 2.44. The third kappa shape index (κ3) is 2.65. The number of hydrogen-bond donors (Lipinski definition) is 1. The van der Waals surface area contributed by atoms with Gasteiger partial charge in [-0.05, 0) is 44.2 Å².